The number of hydrogen-bond acceptors (Lipinski definition) is 3. The lowest BCUT2D eigenvalue weighted by Gasteiger charge is -2.08. The van der Waals surface area contributed by atoms with Crippen molar-refractivity contribution in [1.82, 2.24) is 9.55 Å². The Hall–Kier alpha value is -2.69. The van der Waals surface area contributed by atoms with E-state index >= 15 is 0 Å². The van der Waals surface area contributed by atoms with Crippen molar-refractivity contribution in [3.05, 3.63) is 54.1 Å². The van der Waals surface area contributed by atoms with Crippen molar-refractivity contribution in [3.8, 4) is 0 Å². The average Bonchev–Trinajstić information content (AvgIpc) is 2.84. The second kappa shape index (κ2) is 5.77. The summed E-state index contributed by atoms with van der Waals surface area (Å²) in [6.45, 7) is 0. The number of benzene rings is 1. The molecule has 0 aliphatic rings. The number of amides is 1. The third kappa shape index (κ3) is 2.95. The predicted octanol–water partition coefficient (Wildman–Crippen LogP) is 1.80. The zero-order valence-corrected chi connectivity index (χ0v) is 10.3. The number of anilines is 1. The highest BCUT2D eigenvalue weighted by atomic mass is 16.2. The molecule has 5 heteroatoms. The molecule has 5 nitrogen and oxygen atoms in total. The summed E-state index contributed by atoms with van der Waals surface area (Å²) in [7, 11) is 1.75. The summed E-state index contributed by atoms with van der Waals surface area (Å²) in [4.78, 5) is 26.2. The fraction of sp³-hybridized carbons (Fsp3) is 0.0714. The normalized spacial score (nSPS) is 10.6. The highest BCUT2D eigenvalue weighted by Gasteiger charge is 2.11. The molecule has 1 aromatic carbocycles. The van der Waals surface area contributed by atoms with Gasteiger partial charge in [-0.15, -0.1) is 0 Å². The molecule has 0 unspecified atom stereocenters. The first-order valence-electron chi connectivity index (χ1n) is 5.64. The van der Waals surface area contributed by atoms with Crippen molar-refractivity contribution in [1.29, 1.82) is 0 Å². The van der Waals surface area contributed by atoms with Gasteiger partial charge in [-0.05, 0) is 23.8 Å². The summed E-state index contributed by atoms with van der Waals surface area (Å²) >= 11 is 0. The standard InChI is InChI=1S/C14H12N3O2/c1-17-9-8-15-13(17)14(19)16-12-7-3-2-5-11(12)6-4-10-18/h2-9H,1H3,(H,16,19)/b6-4+. The minimum Gasteiger partial charge on any atom is -0.330 e. The maximum absolute atomic E-state index is 12.0. The maximum atomic E-state index is 12.0. The molecule has 1 amide bonds. The Bertz CT molecular complexity index is 629. The number of imidazole rings is 1. The van der Waals surface area contributed by atoms with Gasteiger partial charge in [0, 0.05) is 25.1 Å². The molecule has 0 aliphatic carbocycles. The number of allylic oxidation sites excluding steroid dienone is 1. The largest absolute Gasteiger partial charge is 0.330 e. The van der Waals surface area contributed by atoms with Crippen molar-refractivity contribution in [2.45, 2.75) is 0 Å². The van der Waals surface area contributed by atoms with Gasteiger partial charge in [-0.1, -0.05) is 18.2 Å². The Morgan fingerprint density at radius 1 is 1.42 bits per heavy atom. The van der Waals surface area contributed by atoms with E-state index in [-0.39, 0.29) is 5.91 Å². The van der Waals surface area contributed by atoms with E-state index in [1.54, 1.807) is 54.6 Å². The zero-order chi connectivity index (χ0) is 13.7. The molecule has 0 aliphatic heterocycles. The third-order valence-electron chi connectivity index (χ3n) is 2.56. The van der Waals surface area contributed by atoms with Crippen LogP contribution in [-0.4, -0.2) is 21.7 Å². The molecule has 0 saturated carbocycles. The van der Waals surface area contributed by atoms with E-state index in [1.165, 1.54) is 6.08 Å². The van der Waals surface area contributed by atoms with Crippen molar-refractivity contribution >= 4 is 24.0 Å². The molecule has 0 spiro atoms. The number of carbonyl (C=O) groups excluding carboxylic acids is 2. The number of nitrogens with zero attached hydrogens (tertiary/aromatic N) is 2. The maximum Gasteiger partial charge on any atom is 0.291 e. The minimum atomic E-state index is -0.302. The Morgan fingerprint density at radius 3 is 2.89 bits per heavy atom. The molecule has 0 atom stereocenters. The number of rotatable bonds is 4. The quantitative estimate of drug-likeness (QED) is 0.846. The molecule has 1 N–H and O–H groups in total. The van der Waals surface area contributed by atoms with Crippen LogP contribution in [-0.2, 0) is 11.8 Å². The Morgan fingerprint density at radius 2 is 2.21 bits per heavy atom. The summed E-state index contributed by atoms with van der Waals surface area (Å²) in [5.41, 5.74) is 1.34. The second-order valence-corrected chi connectivity index (χ2v) is 3.85. The van der Waals surface area contributed by atoms with Crippen LogP contribution in [0, 0.1) is 0 Å². The van der Waals surface area contributed by atoms with Crippen LogP contribution >= 0.6 is 0 Å². The first kappa shape index (κ1) is 12.8. The minimum absolute atomic E-state index is 0.302. The van der Waals surface area contributed by atoms with Crippen LogP contribution in [0.15, 0.2) is 42.7 Å². The second-order valence-electron chi connectivity index (χ2n) is 3.85. The Labute approximate surface area is 110 Å². The van der Waals surface area contributed by atoms with Gasteiger partial charge in [0.25, 0.3) is 5.91 Å². The lowest BCUT2D eigenvalue weighted by atomic mass is 10.1. The number of hydrogen-bond donors (Lipinski definition) is 1. The monoisotopic (exact) mass is 254 g/mol. The van der Waals surface area contributed by atoms with E-state index in [0.29, 0.717) is 11.5 Å². The van der Waals surface area contributed by atoms with Crippen molar-refractivity contribution in [2.75, 3.05) is 5.32 Å². The predicted molar refractivity (Wildman–Crippen MR) is 72.3 cm³/mol. The van der Waals surface area contributed by atoms with Gasteiger partial charge in [-0.2, -0.15) is 0 Å². The number of carbonyl (C=O) groups is 1. The van der Waals surface area contributed by atoms with Gasteiger partial charge in [-0.3, -0.25) is 9.59 Å². The highest BCUT2D eigenvalue weighted by molar-refractivity contribution is 6.03. The molecule has 2 rings (SSSR count). The zero-order valence-electron chi connectivity index (χ0n) is 10.3. The van der Waals surface area contributed by atoms with Crippen LogP contribution in [0.1, 0.15) is 16.2 Å². The summed E-state index contributed by atoms with van der Waals surface area (Å²) in [5.74, 6) is 0.0177. The summed E-state index contributed by atoms with van der Waals surface area (Å²) < 4.78 is 1.63. The van der Waals surface area contributed by atoms with Gasteiger partial charge >= 0.3 is 0 Å². The van der Waals surface area contributed by atoms with Gasteiger partial charge in [-0.25, -0.2) is 4.98 Å². The molecule has 95 valence electrons. The average molecular weight is 254 g/mol. The van der Waals surface area contributed by atoms with Gasteiger partial charge in [0.05, 0.1) is 0 Å². The van der Waals surface area contributed by atoms with Gasteiger partial charge in [0.1, 0.15) is 0 Å². The topological polar surface area (TPSA) is 64.0 Å². The van der Waals surface area contributed by atoms with E-state index in [2.05, 4.69) is 10.3 Å². The number of aromatic nitrogens is 2. The van der Waals surface area contributed by atoms with Crippen LogP contribution in [0.2, 0.25) is 0 Å². The third-order valence-corrected chi connectivity index (χ3v) is 2.56. The summed E-state index contributed by atoms with van der Waals surface area (Å²) in [6, 6.07) is 7.17. The van der Waals surface area contributed by atoms with Gasteiger partial charge in [0.2, 0.25) is 6.29 Å². The summed E-state index contributed by atoms with van der Waals surface area (Å²) in [5, 5.41) is 2.76. The van der Waals surface area contributed by atoms with Crippen molar-refractivity contribution < 1.29 is 9.59 Å². The molecule has 0 bridgehead atoms. The van der Waals surface area contributed by atoms with Crippen LogP contribution in [0.25, 0.3) is 6.08 Å². The number of nitrogens with one attached hydrogen (secondary N) is 1. The molecule has 0 fully saturated rings. The molecule has 1 heterocycles. The van der Waals surface area contributed by atoms with Crippen LogP contribution in [0.4, 0.5) is 5.69 Å². The molecule has 0 saturated heterocycles. The van der Waals surface area contributed by atoms with E-state index < -0.39 is 0 Å². The molecular formula is C14H12N3O2. The molecular weight excluding hydrogens is 242 g/mol. The van der Waals surface area contributed by atoms with Crippen molar-refractivity contribution in [2.24, 2.45) is 7.05 Å². The smallest absolute Gasteiger partial charge is 0.291 e. The summed E-state index contributed by atoms with van der Waals surface area (Å²) in [6.07, 6.45) is 7.77. The highest BCUT2D eigenvalue weighted by Crippen LogP contribution is 2.17. The first-order valence-corrected chi connectivity index (χ1v) is 5.64. The van der Waals surface area contributed by atoms with E-state index in [4.69, 9.17) is 0 Å². The lowest BCUT2D eigenvalue weighted by Crippen LogP contribution is -2.17. The van der Waals surface area contributed by atoms with Crippen LogP contribution in [0.3, 0.4) is 0 Å². The van der Waals surface area contributed by atoms with Crippen LogP contribution < -0.4 is 5.32 Å². The lowest BCUT2D eigenvalue weighted by molar-refractivity contribution is 0.101. The van der Waals surface area contributed by atoms with Crippen LogP contribution in [0.5, 0.6) is 0 Å². The first-order chi connectivity index (χ1) is 9.22. The SMILES string of the molecule is Cn1ccnc1C(=O)Nc1ccccc1/C=C/[C]=O. The molecule has 19 heavy (non-hydrogen) atoms. The number of para-hydroxylation sites is 1. The fourth-order valence-electron chi connectivity index (χ4n) is 1.64. The van der Waals surface area contributed by atoms with E-state index in [0.717, 1.165) is 5.56 Å². The Balaban J connectivity index is 2.24. The van der Waals surface area contributed by atoms with E-state index in [9.17, 15) is 9.59 Å². The molecule has 2 aromatic rings. The molecule has 1 radical (unpaired) electrons. The van der Waals surface area contributed by atoms with E-state index in [1.807, 2.05) is 6.07 Å². The van der Waals surface area contributed by atoms with Crippen molar-refractivity contribution in [3.63, 3.8) is 0 Å². The number of aryl methyl sites for hydroxylation is 1. The van der Waals surface area contributed by atoms with Gasteiger partial charge < -0.3 is 9.88 Å². The Kier molecular flexibility index (Phi) is 3.87. The fourth-order valence-corrected chi connectivity index (χ4v) is 1.64. The molecule has 1 aromatic heterocycles. The van der Waals surface area contributed by atoms with Gasteiger partial charge in [0.15, 0.2) is 5.82 Å².